The summed E-state index contributed by atoms with van der Waals surface area (Å²) >= 11 is 0. The van der Waals surface area contributed by atoms with Crippen LogP contribution < -0.4 is 9.47 Å². The number of aryl methyl sites for hydroxylation is 1. The first-order valence-electron chi connectivity index (χ1n) is 10.5. The number of carbonyl (C=O) groups excluding carboxylic acids is 2. The van der Waals surface area contributed by atoms with Gasteiger partial charge >= 0.3 is 0 Å². The molecule has 1 heterocycles. The van der Waals surface area contributed by atoms with E-state index in [-0.39, 0.29) is 18.4 Å². The number of ether oxygens (including phenoxy) is 2. The lowest BCUT2D eigenvalue weighted by Gasteiger charge is -2.22. The van der Waals surface area contributed by atoms with Crippen LogP contribution in [0.1, 0.15) is 24.8 Å². The van der Waals surface area contributed by atoms with E-state index in [0.29, 0.717) is 51.4 Å². The molecule has 2 aromatic carbocycles. The molecular formula is C24H30N2O4. The van der Waals surface area contributed by atoms with Gasteiger partial charge in [0.25, 0.3) is 5.91 Å². The van der Waals surface area contributed by atoms with Gasteiger partial charge in [0.1, 0.15) is 11.5 Å². The number of benzene rings is 2. The summed E-state index contributed by atoms with van der Waals surface area (Å²) in [4.78, 5) is 28.7. The zero-order valence-electron chi connectivity index (χ0n) is 17.6. The SMILES string of the molecule is Cc1ccc(OCC(=O)N2CCCN(C(=O)CCCOc3ccccc3)CC2)cc1. The third-order valence-corrected chi connectivity index (χ3v) is 5.13. The molecule has 0 aromatic heterocycles. The standard InChI is InChI=1S/C24H30N2O4/c1-20-10-12-22(13-11-20)30-19-24(28)26-15-6-14-25(16-17-26)23(27)9-5-18-29-21-7-3-2-4-8-21/h2-4,7-8,10-13H,5-6,9,14-19H2,1H3. The van der Waals surface area contributed by atoms with Gasteiger partial charge in [-0.1, -0.05) is 35.9 Å². The molecule has 1 aliphatic rings. The highest BCUT2D eigenvalue weighted by molar-refractivity contribution is 5.78. The van der Waals surface area contributed by atoms with Crippen LogP contribution in [0.5, 0.6) is 11.5 Å². The van der Waals surface area contributed by atoms with Gasteiger partial charge in [-0.05, 0) is 44.0 Å². The predicted octanol–water partition coefficient (Wildman–Crippen LogP) is 3.29. The van der Waals surface area contributed by atoms with Gasteiger partial charge in [0.2, 0.25) is 5.91 Å². The third-order valence-electron chi connectivity index (χ3n) is 5.13. The molecule has 1 saturated heterocycles. The van der Waals surface area contributed by atoms with Crippen molar-refractivity contribution in [2.24, 2.45) is 0 Å². The fourth-order valence-corrected chi connectivity index (χ4v) is 3.38. The van der Waals surface area contributed by atoms with E-state index in [1.165, 1.54) is 0 Å². The van der Waals surface area contributed by atoms with Crippen molar-refractivity contribution < 1.29 is 19.1 Å². The van der Waals surface area contributed by atoms with E-state index in [9.17, 15) is 9.59 Å². The minimum atomic E-state index is -0.0406. The van der Waals surface area contributed by atoms with Crippen molar-refractivity contribution in [3.63, 3.8) is 0 Å². The first-order valence-corrected chi connectivity index (χ1v) is 10.5. The van der Waals surface area contributed by atoms with Crippen LogP contribution in [0, 0.1) is 6.92 Å². The number of carbonyl (C=O) groups is 2. The van der Waals surface area contributed by atoms with Crippen molar-refractivity contribution >= 4 is 11.8 Å². The van der Waals surface area contributed by atoms with E-state index in [1.807, 2.05) is 66.4 Å². The summed E-state index contributed by atoms with van der Waals surface area (Å²) in [6.07, 6.45) is 1.91. The molecule has 0 N–H and O–H groups in total. The van der Waals surface area contributed by atoms with E-state index >= 15 is 0 Å². The summed E-state index contributed by atoms with van der Waals surface area (Å²) in [6, 6.07) is 17.3. The number of nitrogens with zero attached hydrogens (tertiary/aromatic N) is 2. The second-order valence-corrected chi connectivity index (χ2v) is 7.48. The van der Waals surface area contributed by atoms with E-state index in [0.717, 1.165) is 17.7 Å². The molecule has 30 heavy (non-hydrogen) atoms. The van der Waals surface area contributed by atoms with E-state index in [2.05, 4.69) is 0 Å². The monoisotopic (exact) mass is 410 g/mol. The largest absolute Gasteiger partial charge is 0.494 e. The topological polar surface area (TPSA) is 59.1 Å². The molecule has 1 fully saturated rings. The molecule has 0 aliphatic carbocycles. The Balaban J connectivity index is 1.36. The smallest absolute Gasteiger partial charge is 0.260 e. The number of hydrogen-bond donors (Lipinski definition) is 0. The highest BCUT2D eigenvalue weighted by Gasteiger charge is 2.22. The average Bonchev–Trinajstić information content (AvgIpc) is 3.03. The van der Waals surface area contributed by atoms with Gasteiger partial charge in [-0.3, -0.25) is 9.59 Å². The molecular weight excluding hydrogens is 380 g/mol. The zero-order chi connectivity index (χ0) is 21.2. The molecule has 1 aliphatic heterocycles. The summed E-state index contributed by atoms with van der Waals surface area (Å²) < 4.78 is 11.3. The van der Waals surface area contributed by atoms with Crippen LogP contribution in [-0.4, -0.2) is 61.0 Å². The minimum absolute atomic E-state index is 0.0217. The molecule has 6 nitrogen and oxygen atoms in total. The Kier molecular flexibility index (Phi) is 8.12. The lowest BCUT2D eigenvalue weighted by molar-refractivity contribution is -0.134. The van der Waals surface area contributed by atoms with Crippen LogP contribution >= 0.6 is 0 Å². The van der Waals surface area contributed by atoms with Crippen LogP contribution in [0.4, 0.5) is 0 Å². The van der Waals surface area contributed by atoms with Crippen LogP contribution in [0.25, 0.3) is 0 Å². The maximum Gasteiger partial charge on any atom is 0.260 e. The second kappa shape index (κ2) is 11.2. The van der Waals surface area contributed by atoms with Crippen molar-refractivity contribution in [1.29, 1.82) is 0 Å². The number of hydrogen-bond acceptors (Lipinski definition) is 4. The molecule has 160 valence electrons. The lowest BCUT2D eigenvalue weighted by Crippen LogP contribution is -2.39. The summed E-state index contributed by atoms with van der Waals surface area (Å²) in [6.45, 7) is 4.99. The first kappa shape index (κ1) is 21.7. The van der Waals surface area contributed by atoms with Gasteiger partial charge in [-0.25, -0.2) is 0 Å². The second-order valence-electron chi connectivity index (χ2n) is 7.48. The molecule has 2 aromatic rings. The van der Waals surface area contributed by atoms with Crippen molar-refractivity contribution in [3.8, 4) is 11.5 Å². The van der Waals surface area contributed by atoms with E-state index < -0.39 is 0 Å². The van der Waals surface area contributed by atoms with Gasteiger partial charge in [-0.2, -0.15) is 0 Å². The van der Waals surface area contributed by atoms with Gasteiger partial charge in [0.15, 0.2) is 6.61 Å². The molecule has 3 rings (SSSR count). The Morgan fingerprint density at radius 1 is 0.800 bits per heavy atom. The summed E-state index contributed by atoms with van der Waals surface area (Å²) in [5.41, 5.74) is 1.15. The van der Waals surface area contributed by atoms with Crippen molar-refractivity contribution in [2.45, 2.75) is 26.2 Å². The lowest BCUT2D eigenvalue weighted by atomic mass is 10.2. The quantitative estimate of drug-likeness (QED) is 0.627. The zero-order valence-corrected chi connectivity index (χ0v) is 17.6. The minimum Gasteiger partial charge on any atom is -0.494 e. The van der Waals surface area contributed by atoms with Crippen molar-refractivity contribution in [2.75, 3.05) is 39.4 Å². The molecule has 0 radical (unpaired) electrons. The first-order chi connectivity index (χ1) is 14.6. The molecule has 6 heteroatoms. The molecule has 0 bridgehead atoms. The Morgan fingerprint density at radius 2 is 1.43 bits per heavy atom. The average molecular weight is 411 g/mol. The van der Waals surface area contributed by atoms with Gasteiger partial charge in [0, 0.05) is 32.6 Å². The van der Waals surface area contributed by atoms with E-state index in [1.54, 1.807) is 4.90 Å². The Labute approximate surface area is 178 Å². The number of rotatable bonds is 8. The molecule has 0 atom stereocenters. The third kappa shape index (κ3) is 6.79. The maximum absolute atomic E-state index is 12.5. The number of amides is 2. The van der Waals surface area contributed by atoms with Crippen LogP contribution in [0.2, 0.25) is 0 Å². The fourth-order valence-electron chi connectivity index (χ4n) is 3.38. The highest BCUT2D eigenvalue weighted by Crippen LogP contribution is 2.13. The maximum atomic E-state index is 12.5. The van der Waals surface area contributed by atoms with E-state index in [4.69, 9.17) is 9.47 Å². The Morgan fingerprint density at radius 3 is 2.13 bits per heavy atom. The predicted molar refractivity (Wildman–Crippen MR) is 116 cm³/mol. The molecule has 2 amide bonds. The Hall–Kier alpha value is -3.02. The van der Waals surface area contributed by atoms with Gasteiger partial charge in [0.05, 0.1) is 6.61 Å². The van der Waals surface area contributed by atoms with Gasteiger partial charge in [-0.15, -0.1) is 0 Å². The van der Waals surface area contributed by atoms with Crippen molar-refractivity contribution in [1.82, 2.24) is 9.80 Å². The van der Waals surface area contributed by atoms with Crippen LogP contribution in [0.3, 0.4) is 0 Å². The molecule has 0 unspecified atom stereocenters. The fraction of sp³-hybridized carbons (Fsp3) is 0.417. The molecule has 0 spiro atoms. The highest BCUT2D eigenvalue weighted by atomic mass is 16.5. The van der Waals surface area contributed by atoms with Gasteiger partial charge < -0.3 is 19.3 Å². The Bertz CT molecular complexity index is 808. The van der Waals surface area contributed by atoms with Crippen LogP contribution in [0.15, 0.2) is 54.6 Å². The summed E-state index contributed by atoms with van der Waals surface area (Å²) in [5.74, 6) is 1.60. The molecule has 0 saturated carbocycles. The normalized spacial score (nSPS) is 14.2. The van der Waals surface area contributed by atoms with Crippen LogP contribution in [-0.2, 0) is 9.59 Å². The summed E-state index contributed by atoms with van der Waals surface area (Å²) in [7, 11) is 0. The summed E-state index contributed by atoms with van der Waals surface area (Å²) in [5, 5.41) is 0. The number of para-hydroxylation sites is 1. The van der Waals surface area contributed by atoms with Crippen molar-refractivity contribution in [3.05, 3.63) is 60.2 Å².